The molecule has 0 atom stereocenters. The number of nitrogens with one attached hydrogen (secondary N) is 1. The molecule has 0 amide bonds. The van der Waals surface area contributed by atoms with Crippen molar-refractivity contribution >= 4 is 10.0 Å². The van der Waals surface area contributed by atoms with Crippen molar-refractivity contribution in [3.8, 4) is 11.5 Å². The molecule has 7 nitrogen and oxygen atoms in total. The molecule has 8 heteroatoms. The molecule has 0 spiro atoms. The second-order valence-electron chi connectivity index (χ2n) is 3.79. The van der Waals surface area contributed by atoms with E-state index < -0.39 is 10.0 Å². The third-order valence-electron chi connectivity index (χ3n) is 2.42. The normalized spacial score (nSPS) is 11.6. The summed E-state index contributed by atoms with van der Waals surface area (Å²) >= 11 is 0. The standard InChI is InChI=1S/C11H14N4O3S/c1-2-19(16,17)13-7-5-10-14-15-11(18-10)9-4-3-6-12-8-9/h3-4,6,8,13H,2,5,7H2,1H3. The van der Waals surface area contributed by atoms with Crippen LogP contribution in [-0.4, -0.2) is 35.9 Å². The summed E-state index contributed by atoms with van der Waals surface area (Å²) in [6, 6.07) is 3.58. The molecular weight excluding hydrogens is 268 g/mol. The van der Waals surface area contributed by atoms with E-state index in [0.717, 1.165) is 5.56 Å². The Bertz CT molecular complexity index is 624. The quantitative estimate of drug-likeness (QED) is 0.833. The summed E-state index contributed by atoms with van der Waals surface area (Å²) in [7, 11) is -3.18. The van der Waals surface area contributed by atoms with Gasteiger partial charge in [-0.05, 0) is 19.1 Å². The molecule has 1 N–H and O–H groups in total. The molecule has 2 aromatic heterocycles. The molecule has 0 saturated heterocycles. The minimum Gasteiger partial charge on any atom is -0.421 e. The second-order valence-corrected chi connectivity index (χ2v) is 5.89. The second kappa shape index (κ2) is 5.89. The minimum atomic E-state index is -3.18. The molecule has 2 aromatic rings. The molecule has 0 fully saturated rings. The van der Waals surface area contributed by atoms with E-state index >= 15 is 0 Å². The lowest BCUT2D eigenvalue weighted by Crippen LogP contribution is -2.27. The van der Waals surface area contributed by atoms with Crippen molar-refractivity contribution in [1.82, 2.24) is 19.9 Å². The Kier molecular flexibility index (Phi) is 4.23. The molecule has 0 aliphatic rings. The van der Waals surface area contributed by atoms with Crippen LogP contribution < -0.4 is 4.72 Å². The van der Waals surface area contributed by atoms with Gasteiger partial charge in [-0.3, -0.25) is 4.98 Å². The summed E-state index contributed by atoms with van der Waals surface area (Å²) in [4.78, 5) is 3.96. The zero-order valence-electron chi connectivity index (χ0n) is 10.4. The van der Waals surface area contributed by atoms with E-state index in [4.69, 9.17) is 4.42 Å². The maximum Gasteiger partial charge on any atom is 0.249 e. The van der Waals surface area contributed by atoms with Gasteiger partial charge in [0.05, 0.1) is 11.3 Å². The fourth-order valence-corrected chi connectivity index (χ4v) is 1.99. The molecule has 2 rings (SSSR count). The van der Waals surface area contributed by atoms with E-state index in [1.165, 1.54) is 0 Å². The first-order chi connectivity index (χ1) is 9.11. The Morgan fingerprint density at radius 2 is 2.21 bits per heavy atom. The van der Waals surface area contributed by atoms with E-state index in [0.29, 0.717) is 18.2 Å². The van der Waals surface area contributed by atoms with E-state index in [2.05, 4.69) is 19.9 Å². The van der Waals surface area contributed by atoms with E-state index in [9.17, 15) is 8.42 Å². The van der Waals surface area contributed by atoms with Crippen LogP contribution in [0.25, 0.3) is 11.5 Å². The van der Waals surface area contributed by atoms with E-state index in [1.807, 2.05) is 6.07 Å². The molecule has 102 valence electrons. The van der Waals surface area contributed by atoms with Crippen molar-refractivity contribution in [3.05, 3.63) is 30.4 Å². The van der Waals surface area contributed by atoms with Crippen molar-refractivity contribution in [1.29, 1.82) is 0 Å². The third kappa shape index (κ3) is 3.83. The molecule has 0 aliphatic carbocycles. The first-order valence-electron chi connectivity index (χ1n) is 5.81. The number of sulfonamides is 1. The Morgan fingerprint density at radius 1 is 1.37 bits per heavy atom. The number of rotatable bonds is 6. The minimum absolute atomic E-state index is 0.0533. The number of hydrogen-bond acceptors (Lipinski definition) is 6. The van der Waals surface area contributed by atoms with Gasteiger partial charge in [0.25, 0.3) is 0 Å². The van der Waals surface area contributed by atoms with Gasteiger partial charge in [-0.2, -0.15) is 0 Å². The molecule has 0 unspecified atom stereocenters. The van der Waals surface area contributed by atoms with Gasteiger partial charge in [-0.1, -0.05) is 0 Å². The molecular formula is C11H14N4O3S. The molecule has 0 aromatic carbocycles. The first kappa shape index (κ1) is 13.6. The lowest BCUT2D eigenvalue weighted by Gasteiger charge is -2.01. The van der Waals surface area contributed by atoms with Crippen LogP contribution in [0.5, 0.6) is 0 Å². The summed E-state index contributed by atoms with van der Waals surface area (Å²) < 4.78 is 30.3. The maximum atomic E-state index is 11.2. The number of hydrogen-bond donors (Lipinski definition) is 1. The van der Waals surface area contributed by atoms with Gasteiger partial charge in [0, 0.05) is 25.4 Å². The molecule has 0 saturated carbocycles. The summed E-state index contributed by atoms with van der Waals surface area (Å²) in [6.45, 7) is 1.82. The lowest BCUT2D eigenvalue weighted by molar-refractivity contribution is 0.502. The summed E-state index contributed by atoms with van der Waals surface area (Å²) in [6.07, 6.45) is 3.63. The highest BCUT2D eigenvalue weighted by atomic mass is 32.2. The smallest absolute Gasteiger partial charge is 0.249 e. The van der Waals surface area contributed by atoms with Crippen LogP contribution in [0.15, 0.2) is 28.9 Å². The summed E-state index contributed by atoms with van der Waals surface area (Å²) in [5, 5.41) is 7.75. The fourth-order valence-electron chi connectivity index (χ4n) is 1.38. The van der Waals surface area contributed by atoms with E-state index in [1.54, 1.807) is 25.4 Å². The van der Waals surface area contributed by atoms with Crippen molar-refractivity contribution in [3.63, 3.8) is 0 Å². The van der Waals surface area contributed by atoms with Gasteiger partial charge in [-0.15, -0.1) is 10.2 Å². The average molecular weight is 282 g/mol. The summed E-state index contributed by atoms with van der Waals surface area (Å²) in [5.74, 6) is 0.816. The highest BCUT2D eigenvalue weighted by Crippen LogP contribution is 2.15. The fraction of sp³-hybridized carbons (Fsp3) is 0.364. The van der Waals surface area contributed by atoms with Crippen LogP contribution in [0.1, 0.15) is 12.8 Å². The van der Waals surface area contributed by atoms with Gasteiger partial charge in [0.1, 0.15) is 0 Å². The Labute approximate surface area is 111 Å². The topological polar surface area (TPSA) is 98.0 Å². The predicted octanol–water partition coefficient (Wildman–Crippen LogP) is 0.613. The Hall–Kier alpha value is -1.80. The number of pyridine rings is 1. The van der Waals surface area contributed by atoms with Crippen LogP contribution in [0.3, 0.4) is 0 Å². The predicted molar refractivity (Wildman–Crippen MR) is 68.7 cm³/mol. The number of aromatic nitrogens is 3. The maximum absolute atomic E-state index is 11.2. The Balaban J connectivity index is 1.95. The monoisotopic (exact) mass is 282 g/mol. The van der Waals surface area contributed by atoms with Crippen LogP contribution >= 0.6 is 0 Å². The zero-order valence-corrected chi connectivity index (χ0v) is 11.2. The first-order valence-corrected chi connectivity index (χ1v) is 7.46. The zero-order chi connectivity index (χ0) is 13.7. The highest BCUT2D eigenvalue weighted by molar-refractivity contribution is 7.89. The van der Waals surface area contributed by atoms with Crippen molar-refractivity contribution in [2.24, 2.45) is 0 Å². The Morgan fingerprint density at radius 3 is 2.89 bits per heavy atom. The summed E-state index contributed by atoms with van der Waals surface area (Å²) in [5.41, 5.74) is 0.732. The molecule has 0 aliphatic heterocycles. The highest BCUT2D eigenvalue weighted by Gasteiger charge is 2.10. The molecule has 0 radical (unpaired) electrons. The van der Waals surface area contributed by atoms with Crippen LogP contribution in [0, 0.1) is 0 Å². The average Bonchev–Trinajstić information content (AvgIpc) is 2.88. The molecule has 0 bridgehead atoms. The lowest BCUT2D eigenvalue weighted by atomic mass is 10.3. The van der Waals surface area contributed by atoms with Gasteiger partial charge in [0.15, 0.2) is 0 Å². The molecule has 19 heavy (non-hydrogen) atoms. The third-order valence-corrected chi connectivity index (χ3v) is 3.82. The largest absolute Gasteiger partial charge is 0.421 e. The van der Waals surface area contributed by atoms with Gasteiger partial charge < -0.3 is 4.42 Å². The van der Waals surface area contributed by atoms with Crippen molar-refractivity contribution in [2.75, 3.05) is 12.3 Å². The van der Waals surface area contributed by atoms with Crippen LogP contribution in [0.4, 0.5) is 0 Å². The van der Waals surface area contributed by atoms with Crippen molar-refractivity contribution in [2.45, 2.75) is 13.3 Å². The van der Waals surface area contributed by atoms with Crippen LogP contribution in [-0.2, 0) is 16.4 Å². The van der Waals surface area contributed by atoms with Crippen molar-refractivity contribution < 1.29 is 12.8 Å². The van der Waals surface area contributed by atoms with Crippen LogP contribution in [0.2, 0.25) is 0 Å². The van der Waals surface area contributed by atoms with Gasteiger partial charge >= 0.3 is 0 Å². The number of nitrogens with zero attached hydrogens (tertiary/aromatic N) is 3. The SMILES string of the molecule is CCS(=O)(=O)NCCc1nnc(-c2cccnc2)o1. The van der Waals surface area contributed by atoms with E-state index in [-0.39, 0.29) is 12.3 Å². The van der Waals surface area contributed by atoms with Gasteiger partial charge in [-0.25, -0.2) is 13.1 Å². The molecule has 2 heterocycles. The van der Waals surface area contributed by atoms with Gasteiger partial charge in [0.2, 0.25) is 21.8 Å².